The molecule has 0 N–H and O–H groups in total. The van der Waals surface area contributed by atoms with Gasteiger partial charge in [-0.25, -0.2) is 0 Å². The second kappa shape index (κ2) is 6.21. The summed E-state index contributed by atoms with van der Waals surface area (Å²) in [4.78, 5) is 28.0. The standard InChI is InChI=1S/C16H13ClN4O4/c17-13-3-4-14(19-18-13)21-6-5-20(8-15(21)22)16(23)10-1-2-11-12(7-10)25-9-24-11/h1-4,7H,5-6,8-9H2. The molecular weight excluding hydrogens is 348 g/mol. The van der Waals surface area contributed by atoms with E-state index in [4.69, 9.17) is 21.1 Å². The van der Waals surface area contributed by atoms with Gasteiger partial charge in [0.1, 0.15) is 6.54 Å². The summed E-state index contributed by atoms with van der Waals surface area (Å²) < 4.78 is 10.5. The summed E-state index contributed by atoms with van der Waals surface area (Å²) in [6.45, 7) is 0.846. The Morgan fingerprint density at radius 3 is 2.68 bits per heavy atom. The van der Waals surface area contributed by atoms with Crippen molar-refractivity contribution in [3.63, 3.8) is 0 Å². The number of hydrogen-bond acceptors (Lipinski definition) is 6. The van der Waals surface area contributed by atoms with E-state index in [0.717, 1.165) is 0 Å². The summed E-state index contributed by atoms with van der Waals surface area (Å²) in [7, 11) is 0. The van der Waals surface area contributed by atoms with Crippen molar-refractivity contribution in [2.45, 2.75) is 0 Å². The lowest BCUT2D eigenvalue weighted by molar-refractivity contribution is -0.120. The van der Waals surface area contributed by atoms with E-state index in [1.807, 2.05) is 0 Å². The molecule has 128 valence electrons. The van der Waals surface area contributed by atoms with Gasteiger partial charge < -0.3 is 14.4 Å². The summed E-state index contributed by atoms with van der Waals surface area (Å²) in [5.41, 5.74) is 0.455. The van der Waals surface area contributed by atoms with E-state index in [1.165, 1.54) is 9.80 Å². The molecule has 0 bridgehead atoms. The molecule has 9 heteroatoms. The van der Waals surface area contributed by atoms with E-state index in [1.54, 1.807) is 30.3 Å². The van der Waals surface area contributed by atoms with Crippen LogP contribution in [0.25, 0.3) is 0 Å². The van der Waals surface area contributed by atoms with Crippen molar-refractivity contribution in [2.75, 3.05) is 31.3 Å². The first kappa shape index (κ1) is 15.6. The van der Waals surface area contributed by atoms with Crippen LogP contribution in [0.5, 0.6) is 11.5 Å². The Balaban J connectivity index is 1.47. The predicted octanol–water partition coefficient (Wildman–Crippen LogP) is 1.35. The Kier molecular flexibility index (Phi) is 3.89. The van der Waals surface area contributed by atoms with E-state index in [-0.39, 0.29) is 30.3 Å². The van der Waals surface area contributed by atoms with Crippen LogP contribution in [0.2, 0.25) is 5.15 Å². The summed E-state index contributed by atoms with van der Waals surface area (Å²) >= 11 is 5.71. The van der Waals surface area contributed by atoms with Gasteiger partial charge in [0, 0.05) is 18.7 Å². The first-order valence-corrected chi connectivity index (χ1v) is 7.98. The minimum absolute atomic E-state index is 0.0302. The molecule has 1 fully saturated rings. The fourth-order valence-electron chi connectivity index (χ4n) is 2.75. The van der Waals surface area contributed by atoms with Crippen LogP contribution >= 0.6 is 11.6 Å². The molecule has 0 radical (unpaired) electrons. The highest BCUT2D eigenvalue weighted by atomic mass is 35.5. The largest absolute Gasteiger partial charge is 0.454 e. The zero-order valence-electron chi connectivity index (χ0n) is 13.0. The molecule has 1 saturated heterocycles. The zero-order valence-corrected chi connectivity index (χ0v) is 13.8. The first-order chi connectivity index (χ1) is 12.1. The van der Waals surface area contributed by atoms with E-state index < -0.39 is 0 Å². The second-order valence-corrected chi connectivity index (χ2v) is 5.94. The van der Waals surface area contributed by atoms with E-state index in [2.05, 4.69) is 10.2 Å². The van der Waals surface area contributed by atoms with Crippen molar-refractivity contribution < 1.29 is 19.1 Å². The third-order valence-corrected chi connectivity index (χ3v) is 4.22. The lowest BCUT2D eigenvalue weighted by atomic mass is 10.1. The van der Waals surface area contributed by atoms with E-state index in [9.17, 15) is 9.59 Å². The van der Waals surface area contributed by atoms with Crippen LogP contribution in [0, 0.1) is 0 Å². The average Bonchev–Trinajstić information content (AvgIpc) is 3.09. The van der Waals surface area contributed by atoms with Crippen molar-refractivity contribution in [3.8, 4) is 11.5 Å². The quantitative estimate of drug-likeness (QED) is 0.803. The first-order valence-electron chi connectivity index (χ1n) is 7.60. The molecule has 2 aromatic rings. The smallest absolute Gasteiger partial charge is 0.254 e. The van der Waals surface area contributed by atoms with Crippen molar-refractivity contribution in [3.05, 3.63) is 41.0 Å². The summed E-state index contributed by atoms with van der Waals surface area (Å²) in [5.74, 6) is 1.11. The van der Waals surface area contributed by atoms with Gasteiger partial charge in [-0.15, -0.1) is 10.2 Å². The third-order valence-electron chi connectivity index (χ3n) is 4.02. The summed E-state index contributed by atoms with van der Waals surface area (Å²) in [5, 5.41) is 7.91. The van der Waals surface area contributed by atoms with Crippen molar-refractivity contribution in [1.29, 1.82) is 0 Å². The molecule has 25 heavy (non-hydrogen) atoms. The molecule has 0 unspecified atom stereocenters. The molecule has 1 aromatic heterocycles. The molecule has 1 aromatic carbocycles. The fourth-order valence-corrected chi connectivity index (χ4v) is 2.85. The Labute approximate surface area is 147 Å². The zero-order chi connectivity index (χ0) is 17.4. The van der Waals surface area contributed by atoms with Gasteiger partial charge in [0.15, 0.2) is 22.5 Å². The van der Waals surface area contributed by atoms with Crippen LogP contribution < -0.4 is 14.4 Å². The number of nitrogens with zero attached hydrogens (tertiary/aromatic N) is 4. The van der Waals surface area contributed by atoms with Gasteiger partial charge >= 0.3 is 0 Å². The number of amides is 2. The highest BCUT2D eigenvalue weighted by Crippen LogP contribution is 2.33. The molecule has 2 aliphatic heterocycles. The van der Waals surface area contributed by atoms with Gasteiger partial charge in [0.25, 0.3) is 5.91 Å². The molecule has 3 heterocycles. The Bertz CT molecular complexity index is 843. The van der Waals surface area contributed by atoms with E-state index >= 15 is 0 Å². The van der Waals surface area contributed by atoms with Gasteiger partial charge in [-0.1, -0.05) is 11.6 Å². The number of rotatable bonds is 2. The van der Waals surface area contributed by atoms with Crippen LogP contribution in [0.4, 0.5) is 5.82 Å². The van der Waals surface area contributed by atoms with Crippen molar-refractivity contribution >= 4 is 29.2 Å². The van der Waals surface area contributed by atoms with Gasteiger partial charge in [-0.2, -0.15) is 0 Å². The Morgan fingerprint density at radius 1 is 1.08 bits per heavy atom. The molecule has 0 saturated carbocycles. The van der Waals surface area contributed by atoms with Crippen molar-refractivity contribution in [2.24, 2.45) is 0 Å². The number of carbonyl (C=O) groups excluding carboxylic acids is 2. The molecule has 0 atom stereocenters. The number of fused-ring (bicyclic) bond motifs is 1. The topological polar surface area (TPSA) is 84.9 Å². The molecule has 8 nitrogen and oxygen atoms in total. The van der Waals surface area contributed by atoms with Crippen LogP contribution in [0.1, 0.15) is 10.4 Å². The second-order valence-electron chi connectivity index (χ2n) is 5.55. The lowest BCUT2D eigenvalue weighted by Gasteiger charge is -2.33. The Morgan fingerprint density at radius 2 is 1.92 bits per heavy atom. The molecule has 0 spiro atoms. The number of carbonyl (C=O) groups is 2. The predicted molar refractivity (Wildman–Crippen MR) is 87.9 cm³/mol. The maximum atomic E-state index is 12.6. The monoisotopic (exact) mass is 360 g/mol. The highest BCUT2D eigenvalue weighted by Gasteiger charge is 2.30. The van der Waals surface area contributed by atoms with Crippen LogP contribution in [0.3, 0.4) is 0 Å². The third kappa shape index (κ3) is 2.96. The number of benzene rings is 1. The number of piperazine rings is 1. The molecule has 0 aliphatic carbocycles. The van der Waals surface area contributed by atoms with Crippen LogP contribution in [-0.2, 0) is 4.79 Å². The lowest BCUT2D eigenvalue weighted by Crippen LogP contribution is -2.52. The minimum atomic E-state index is -0.228. The van der Waals surface area contributed by atoms with Gasteiger partial charge in [0.2, 0.25) is 12.7 Å². The van der Waals surface area contributed by atoms with E-state index in [0.29, 0.717) is 36.0 Å². The van der Waals surface area contributed by atoms with Gasteiger partial charge in [-0.05, 0) is 30.3 Å². The average molecular weight is 361 g/mol. The fraction of sp³-hybridized carbons (Fsp3) is 0.250. The minimum Gasteiger partial charge on any atom is -0.454 e. The van der Waals surface area contributed by atoms with Gasteiger partial charge in [-0.3, -0.25) is 14.5 Å². The maximum absolute atomic E-state index is 12.6. The molecular formula is C16H13ClN4O4. The molecule has 4 rings (SSSR count). The Hall–Kier alpha value is -2.87. The van der Waals surface area contributed by atoms with Gasteiger partial charge in [0.05, 0.1) is 0 Å². The number of hydrogen-bond donors (Lipinski definition) is 0. The normalized spacial score (nSPS) is 16.3. The number of aromatic nitrogens is 2. The number of anilines is 1. The summed E-state index contributed by atoms with van der Waals surface area (Å²) in [6.07, 6.45) is 0. The molecule has 2 aliphatic rings. The van der Waals surface area contributed by atoms with Crippen LogP contribution in [0.15, 0.2) is 30.3 Å². The summed E-state index contributed by atoms with van der Waals surface area (Å²) in [6, 6.07) is 8.18. The number of halogens is 1. The van der Waals surface area contributed by atoms with Crippen LogP contribution in [-0.4, -0.2) is 53.3 Å². The SMILES string of the molecule is O=C(c1ccc2c(c1)OCO2)N1CCN(c2ccc(Cl)nn2)C(=O)C1. The highest BCUT2D eigenvalue weighted by molar-refractivity contribution is 6.29. The molecule has 2 amide bonds. The van der Waals surface area contributed by atoms with Crippen molar-refractivity contribution in [1.82, 2.24) is 15.1 Å². The number of ether oxygens (including phenoxy) is 2. The maximum Gasteiger partial charge on any atom is 0.254 e.